The Hall–Kier alpha value is -3.00. The Kier molecular flexibility index (Phi) is 5.33. The number of amides is 1. The minimum absolute atomic E-state index is 0.0493. The maximum absolute atomic E-state index is 13.2. The summed E-state index contributed by atoms with van der Waals surface area (Å²) in [4.78, 5) is 33.2. The van der Waals surface area contributed by atoms with Gasteiger partial charge in [-0.15, -0.1) is 11.3 Å². The highest BCUT2D eigenvalue weighted by atomic mass is 35.5. The van der Waals surface area contributed by atoms with Gasteiger partial charge in [0, 0.05) is 15.5 Å². The SMILES string of the molecule is CCc1ccc2nc(N3C(=O)C(=O)C(=C(O)c4ccc(Cl)cc4)C3c3cccs3)sc2c1. The second-order valence-electron chi connectivity index (χ2n) is 7.34. The van der Waals surface area contributed by atoms with E-state index in [0.717, 1.165) is 21.5 Å². The van der Waals surface area contributed by atoms with Gasteiger partial charge in [0.05, 0.1) is 15.8 Å². The molecular formula is C24H17ClN2O3S2. The number of rotatable bonds is 4. The van der Waals surface area contributed by atoms with Gasteiger partial charge in [-0.3, -0.25) is 14.5 Å². The molecule has 5 nitrogen and oxygen atoms in total. The number of aromatic nitrogens is 1. The molecule has 0 aliphatic carbocycles. The number of nitrogens with zero attached hydrogens (tertiary/aromatic N) is 2. The molecule has 0 radical (unpaired) electrons. The molecule has 2 aromatic heterocycles. The first-order chi connectivity index (χ1) is 15.5. The number of carbonyl (C=O) groups is 2. The number of aliphatic hydroxyl groups excluding tert-OH is 1. The Morgan fingerprint density at radius 1 is 1.16 bits per heavy atom. The molecule has 1 aliphatic heterocycles. The van der Waals surface area contributed by atoms with Crippen LogP contribution in [0.25, 0.3) is 16.0 Å². The highest BCUT2D eigenvalue weighted by Gasteiger charge is 2.48. The van der Waals surface area contributed by atoms with Crippen LogP contribution in [0.2, 0.25) is 5.02 Å². The van der Waals surface area contributed by atoms with E-state index in [1.165, 1.54) is 33.1 Å². The van der Waals surface area contributed by atoms with Crippen molar-refractivity contribution in [3.63, 3.8) is 0 Å². The second-order valence-corrected chi connectivity index (χ2v) is 9.77. The lowest BCUT2D eigenvalue weighted by Gasteiger charge is -2.21. The lowest BCUT2D eigenvalue weighted by Crippen LogP contribution is -2.28. The van der Waals surface area contributed by atoms with Crippen LogP contribution in [0.15, 0.2) is 65.6 Å². The van der Waals surface area contributed by atoms with Crippen LogP contribution in [0, 0.1) is 0 Å². The summed E-state index contributed by atoms with van der Waals surface area (Å²) in [6, 6.07) is 15.5. The molecule has 1 fully saturated rings. The van der Waals surface area contributed by atoms with Crippen LogP contribution in [-0.2, 0) is 16.0 Å². The number of thiazole rings is 1. The molecule has 0 bridgehead atoms. The Morgan fingerprint density at radius 2 is 1.94 bits per heavy atom. The van der Waals surface area contributed by atoms with Gasteiger partial charge >= 0.3 is 5.91 Å². The van der Waals surface area contributed by atoms with E-state index in [0.29, 0.717) is 15.7 Å². The van der Waals surface area contributed by atoms with Crippen molar-refractivity contribution in [3.8, 4) is 0 Å². The average Bonchev–Trinajstić information content (AvgIpc) is 3.52. The summed E-state index contributed by atoms with van der Waals surface area (Å²) in [5.74, 6) is -1.66. The molecule has 0 saturated carbocycles. The highest BCUT2D eigenvalue weighted by molar-refractivity contribution is 7.22. The van der Waals surface area contributed by atoms with Crippen LogP contribution in [0.1, 0.15) is 29.0 Å². The summed E-state index contributed by atoms with van der Waals surface area (Å²) in [5, 5.41) is 13.9. The van der Waals surface area contributed by atoms with E-state index in [-0.39, 0.29) is 11.3 Å². The van der Waals surface area contributed by atoms with Crippen LogP contribution >= 0.6 is 34.3 Å². The van der Waals surface area contributed by atoms with E-state index < -0.39 is 17.7 Å². The summed E-state index contributed by atoms with van der Waals surface area (Å²) in [6.07, 6.45) is 0.893. The van der Waals surface area contributed by atoms with Gasteiger partial charge in [0.2, 0.25) is 0 Å². The van der Waals surface area contributed by atoms with E-state index in [1.807, 2.05) is 29.6 Å². The third kappa shape index (κ3) is 3.43. The van der Waals surface area contributed by atoms with Crippen LogP contribution in [0.4, 0.5) is 5.13 Å². The van der Waals surface area contributed by atoms with Crippen molar-refractivity contribution in [2.45, 2.75) is 19.4 Å². The number of hydrogen-bond donors (Lipinski definition) is 1. The number of halogens is 1. The van der Waals surface area contributed by atoms with Gasteiger partial charge in [0.1, 0.15) is 11.8 Å². The zero-order valence-corrected chi connectivity index (χ0v) is 19.3. The van der Waals surface area contributed by atoms with Gasteiger partial charge in [-0.1, -0.05) is 42.0 Å². The number of hydrogen-bond acceptors (Lipinski definition) is 6. The van der Waals surface area contributed by atoms with Crippen LogP contribution < -0.4 is 4.90 Å². The fourth-order valence-corrected chi connectivity index (χ4v) is 5.79. The molecule has 3 heterocycles. The van der Waals surface area contributed by atoms with Gasteiger partial charge in [-0.05, 0) is 59.8 Å². The summed E-state index contributed by atoms with van der Waals surface area (Å²) in [5.41, 5.74) is 2.41. The molecule has 1 aliphatic rings. The quantitative estimate of drug-likeness (QED) is 0.214. The number of Topliss-reactive ketones (excluding diaryl/α,β-unsaturated/α-hetero) is 1. The van der Waals surface area contributed by atoms with Gasteiger partial charge < -0.3 is 5.11 Å². The molecule has 1 unspecified atom stereocenters. The topological polar surface area (TPSA) is 70.5 Å². The highest BCUT2D eigenvalue weighted by Crippen LogP contribution is 2.45. The first kappa shape index (κ1) is 20.9. The van der Waals surface area contributed by atoms with Crippen molar-refractivity contribution >= 4 is 67.1 Å². The van der Waals surface area contributed by atoms with Crippen LogP contribution in [0.3, 0.4) is 0 Å². The molecule has 1 saturated heterocycles. The van der Waals surface area contributed by atoms with E-state index in [4.69, 9.17) is 11.6 Å². The number of fused-ring (bicyclic) bond motifs is 1. The van der Waals surface area contributed by atoms with Gasteiger partial charge in [0.15, 0.2) is 5.13 Å². The molecule has 8 heteroatoms. The largest absolute Gasteiger partial charge is 0.507 e. The third-order valence-corrected chi connectivity index (χ3v) is 7.62. The van der Waals surface area contributed by atoms with E-state index >= 15 is 0 Å². The number of carbonyl (C=O) groups excluding carboxylic acids is 2. The molecule has 1 amide bonds. The minimum atomic E-state index is -0.753. The Balaban J connectivity index is 1.69. The Morgan fingerprint density at radius 3 is 2.62 bits per heavy atom. The van der Waals surface area contributed by atoms with Gasteiger partial charge in [0.25, 0.3) is 5.78 Å². The molecule has 4 aromatic rings. The van der Waals surface area contributed by atoms with Crippen LogP contribution in [0.5, 0.6) is 0 Å². The molecule has 1 N–H and O–H groups in total. The number of benzene rings is 2. The second kappa shape index (κ2) is 8.16. The van der Waals surface area contributed by atoms with Crippen molar-refractivity contribution in [1.82, 2.24) is 4.98 Å². The minimum Gasteiger partial charge on any atom is -0.507 e. The molecule has 160 valence electrons. The van der Waals surface area contributed by atoms with Crippen molar-refractivity contribution in [1.29, 1.82) is 0 Å². The Bertz CT molecular complexity index is 1370. The standard InChI is InChI=1S/C24H17ClN2O3S2/c1-2-13-5-10-16-18(12-13)32-24(26-16)27-20(17-4-3-11-31-17)19(22(29)23(27)30)21(28)14-6-8-15(25)9-7-14/h3-12,20,28H,2H2,1H3. The number of aliphatic hydroxyl groups is 1. The van der Waals surface area contributed by atoms with Crippen molar-refractivity contribution in [2.75, 3.05) is 4.90 Å². The normalized spacial score (nSPS) is 18.1. The predicted molar refractivity (Wildman–Crippen MR) is 130 cm³/mol. The zero-order chi connectivity index (χ0) is 22.4. The molecule has 32 heavy (non-hydrogen) atoms. The average molecular weight is 481 g/mol. The van der Waals surface area contributed by atoms with Crippen molar-refractivity contribution in [2.24, 2.45) is 0 Å². The fourth-order valence-electron chi connectivity index (χ4n) is 3.79. The predicted octanol–water partition coefficient (Wildman–Crippen LogP) is 6.20. The zero-order valence-electron chi connectivity index (χ0n) is 16.9. The first-order valence-corrected chi connectivity index (χ1v) is 12.0. The van der Waals surface area contributed by atoms with Crippen LogP contribution in [-0.4, -0.2) is 21.8 Å². The van der Waals surface area contributed by atoms with Gasteiger partial charge in [-0.2, -0.15) is 0 Å². The van der Waals surface area contributed by atoms with E-state index in [9.17, 15) is 14.7 Å². The lowest BCUT2D eigenvalue weighted by molar-refractivity contribution is -0.132. The third-order valence-electron chi connectivity index (χ3n) is 5.43. The maximum Gasteiger partial charge on any atom is 0.301 e. The monoisotopic (exact) mass is 480 g/mol. The molecular weight excluding hydrogens is 464 g/mol. The van der Waals surface area contributed by atoms with Gasteiger partial charge in [-0.25, -0.2) is 4.98 Å². The van der Waals surface area contributed by atoms with E-state index in [2.05, 4.69) is 18.0 Å². The summed E-state index contributed by atoms with van der Waals surface area (Å²) < 4.78 is 0.948. The number of anilines is 1. The fraction of sp³-hybridized carbons (Fsp3) is 0.125. The number of aryl methyl sites for hydroxylation is 1. The molecule has 5 rings (SSSR count). The maximum atomic E-state index is 13.2. The van der Waals surface area contributed by atoms with Crippen molar-refractivity contribution in [3.05, 3.63) is 86.6 Å². The number of ketones is 1. The number of thiophene rings is 1. The molecule has 1 atom stereocenters. The van der Waals surface area contributed by atoms with E-state index in [1.54, 1.807) is 24.3 Å². The first-order valence-electron chi connectivity index (χ1n) is 9.97. The molecule has 2 aromatic carbocycles. The van der Waals surface area contributed by atoms with Crippen molar-refractivity contribution < 1.29 is 14.7 Å². The summed E-state index contributed by atoms with van der Waals surface area (Å²) in [7, 11) is 0. The smallest absolute Gasteiger partial charge is 0.301 e. The Labute approximate surface area is 197 Å². The molecule has 0 spiro atoms. The summed E-state index contributed by atoms with van der Waals surface area (Å²) >= 11 is 8.75. The lowest BCUT2D eigenvalue weighted by atomic mass is 10.00. The summed E-state index contributed by atoms with van der Waals surface area (Å²) in [6.45, 7) is 2.08.